The summed E-state index contributed by atoms with van der Waals surface area (Å²) in [5.74, 6) is 5.30. The number of carbonyl (C=O) groups is 1. The quantitative estimate of drug-likeness (QED) is 0.505. The number of amides is 1. The first-order chi connectivity index (χ1) is 9.20. The molecule has 1 unspecified atom stereocenters. The molecule has 5 nitrogen and oxygen atoms in total. The summed E-state index contributed by atoms with van der Waals surface area (Å²) in [6.45, 7) is 0.956. The van der Waals surface area contributed by atoms with Crippen LogP contribution in [-0.2, 0) is 17.5 Å². The Bertz CT molecular complexity index is 464. The third kappa shape index (κ3) is 5.06. The number of benzene rings is 1. The third-order valence-corrected chi connectivity index (χ3v) is 2.31. The van der Waals surface area contributed by atoms with Gasteiger partial charge >= 0.3 is 12.3 Å². The number of hydrogen-bond donors (Lipinski definition) is 2. The van der Waals surface area contributed by atoms with E-state index in [0.29, 0.717) is 5.01 Å². The van der Waals surface area contributed by atoms with Crippen molar-refractivity contribution in [2.75, 3.05) is 6.54 Å². The Morgan fingerprint density at radius 1 is 1.50 bits per heavy atom. The minimum absolute atomic E-state index is 0.137. The average Bonchev–Trinajstić information content (AvgIpc) is 2.34. The summed E-state index contributed by atoms with van der Waals surface area (Å²) in [6.07, 6.45) is -6.21. The number of aliphatic hydroxyl groups excluding tert-OH is 1. The Kier molecular flexibility index (Phi) is 5.34. The lowest BCUT2D eigenvalue weighted by Crippen LogP contribution is -2.42. The maximum Gasteiger partial charge on any atom is 0.424 e. The maximum absolute atomic E-state index is 12.5. The summed E-state index contributed by atoms with van der Waals surface area (Å²) in [7, 11) is 0. The van der Waals surface area contributed by atoms with Crippen LogP contribution in [0.3, 0.4) is 0 Å². The molecule has 20 heavy (non-hydrogen) atoms. The van der Waals surface area contributed by atoms with Crippen molar-refractivity contribution in [2.45, 2.75) is 25.8 Å². The normalized spacial score (nSPS) is 12.9. The molecular weight excluding hydrogens is 277 g/mol. The van der Waals surface area contributed by atoms with E-state index in [-0.39, 0.29) is 18.7 Å². The van der Waals surface area contributed by atoms with Gasteiger partial charge in [0, 0.05) is 0 Å². The number of rotatable bonds is 4. The number of hydrazine groups is 1. The molecule has 0 saturated heterocycles. The van der Waals surface area contributed by atoms with E-state index in [2.05, 4.69) is 0 Å². The van der Waals surface area contributed by atoms with Gasteiger partial charge in [-0.3, -0.25) is 0 Å². The summed E-state index contributed by atoms with van der Waals surface area (Å²) < 4.78 is 42.2. The van der Waals surface area contributed by atoms with Gasteiger partial charge in [0.2, 0.25) is 0 Å². The zero-order chi connectivity index (χ0) is 15.3. The highest BCUT2D eigenvalue weighted by Gasteiger charge is 2.30. The first kappa shape index (κ1) is 16.3. The SMILES string of the molecule is CC(O)CN(N)C(=O)OCc1cccc(C(F)(F)F)c1. The van der Waals surface area contributed by atoms with Crippen LogP contribution in [0.1, 0.15) is 18.1 Å². The van der Waals surface area contributed by atoms with Crippen molar-refractivity contribution in [3.05, 3.63) is 35.4 Å². The molecule has 0 aliphatic carbocycles. The van der Waals surface area contributed by atoms with E-state index in [4.69, 9.17) is 15.7 Å². The van der Waals surface area contributed by atoms with Crippen LogP contribution >= 0.6 is 0 Å². The molecule has 0 bridgehead atoms. The Labute approximate surface area is 113 Å². The lowest BCUT2D eigenvalue weighted by Gasteiger charge is -2.18. The van der Waals surface area contributed by atoms with Gasteiger partial charge in [-0.15, -0.1) is 0 Å². The van der Waals surface area contributed by atoms with Gasteiger partial charge in [-0.25, -0.2) is 15.6 Å². The van der Waals surface area contributed by atoms with Crippen LogP contribution in [0.2, 0.25) is 0 Å². The zero-order valence-corrected chi connectivity index (χ0v) is 10.7. The molecule has 0 fully saturated rings. The molecule has 0 heterocycles. The minimum Gasteiger partial charge on any atom is -0.444 e. The van der Waals surface area contributed by atoms with E-state index >= 15 is 0 Å². The fourth-order valence-electron chi connectivity index (χ4n) is 1.42. The van der Waals surface area contributed by atoms with Crippen LogP contribution < -0.4 is 5.84 Å². The van der Waals surface area contributed by atoms with Crippen molar-refractivity contribution in [3.8, 4) is 0 Å². The number of ether oxygens (including phenoxy) is 1. The lowest BCUT2D eigenvalue weighted by molar-refractivity contribution is -0.137. The number of carbonyl (C=O) groups excluding carboxylic acids is 1. The van der Waals surface area contributed by atoms with Crippen LogP contribution in [0.4, 0.5) is 18.0 Å². The van der Waals surface area contributed by atoms with E-state index < -0.39 is 23.9 Å². The van der Waals surface area contributed by atoms with Gasteiger partial charge in [0.05, 0.1) is 18.2 Å². The number of halogens is 3. The molecule has 1 amide bonds. The molecule has 3 N–H and O–H groups in total. The smallest absolute Gasteiger partial charge is 0.424 e. The Balaban J connectivity index is 2.60. The Hall–Kier alpha value is -1.80. The number of alkyl halides is 3. The first-order valence-electron chi connectivity index (χ1n) is 5.73. The van der Waals surface area contributed by atoms with Crippen LogP contribution in [0.5, 0.6) is 0 Å². The Morgan fingerprint density at radius 2 is 2.15 bits per heavy atom. The minimum atomic E-state index is -4.45. The lowest BCUT2D eigenvalue weighted by atomic mass is 10.1. The molecule has 8 heteroatoms. The molecule has 1 aromatic rings. The van der Waals surface area contributed by atoms with Gasteiger partial charge in [-0.2, -0.15) is 13.2 Å². The molecule has 0 aliphatic rings. The second-order valence-corrected chi connectivity index (χ2v) is 4.25. The van der Waals surface area contributed by atoms with Crippen molar-refractivity contribution in [2.24, 2.45) is 5.84 Å². The second-order valence-electron chi connectivity index (χ2n) is 4.25. The highest BCUT2D eigenvalue weighted by Crippen LogP contribution is 2.29. The zero-order valence-electron chi connectivity index (χ0n) is 10.7. The molecule has 1 atom stereocenters. The number of nitrogens with two attached hydrogens (primary N) is 1. The molecule has 112 valence electrons. The summed E-state index contributed by atoms with van der Waals surface area (Å²) >= 11 is 0. The molecule has 0 aromatic heterocycles. The van der Waals surface area contributed by atoms with E-state index in [1.807, 2.05) is 0 Å². The standard InChI is InChI=1S/C12H15F3N2O3/c1-8(18)6-17(16)11(19)20-7-9-3-2-4-10(5-9)12(13,14)15/h2-5,8,18H,6-7,16H2,1H3. The number of aliphatic hydroxyl groups is 1. The average molecular weight is 292 g/mol. The van der Waals surface area contributed by atoms with Crippen molar-refractivity contribution in [1.29, 1.82) is 0 Å². The van der Waals surface area contributed by atoms with Crippen LogP contribution in [0.25, 0.3) is 0 Å². The van der Waals surface area contributed by atoms with Crippen molar-refractivity contribution < 1.29 is 27.8 Å². The number of nitrogens with zero attached hydrogens (tertiary/aromatic N) is 1. The summed E-state index contributed by atoms with van der Waals surface area (Å²) in [4.78, 5) is 11.4. The molecule has 0 radical (unpaired) electrons. The van der Waals surface area contributed by atoms with Gasteiger partial charge in [-0.1, -0.05) is 12.1 Å². The van der Waals surface area contributed by atoms with E-state index in [1.165, 1.54) is 19.1 Å². The maximum atomic E-state index is 12.5. The third-order valence-electron chi connectivity index (χ3n) is 2.31. The van der Waals surface area contributed by atoms with Crippen LogP contribution in [0.15, 0.2) is 24.3 Å². The fraction of sp³-hybridized carbons (Fsp3) is 0.417. The van der Waals surface area contributed by atoms with Gasteiger partial charge in [0.15, 0.2) is 0 Å². The predicted molar refractivity (Wildman–Crippen MR) is 64.2 cm³/mol. The summed E-state index contributed by atoms with van der Waals surface area (Å²) in [6, 6.07) is 4.44. The molecule has 0 saturated carbocycles. The molecule has 0 spiro atoms. The number of hydrogen-bond acceptors (Lipinski definition) is 4. The van der Waals surface area contributed by atoms with E-state index in [1.54, 1.807) is 0 Å². The van der Waals surface area contributed by atoms with Crippen molar-refractivity contribution in [3.63, 3.8) is 0 Å². The van der Waals surface area contributed by atoms with E-state index in [0.717, 1.165) is 12.1 Å². The molecular formula is C12H15F3N2O3. The summed E-state index contributed by atoms with van der Waals surface area (Å²) in [5.41, 5.74) is -0.627. The van der Waals surface area contributed by atoms with Gasteiger partial charge in [0.25, 0.3) is 0 Å². The summed E-state index contributed by atoms with van der Waals surface area (Å²) in [5, 5.41) is 9.68. The first-order valence-corrected chi connectivity index (χ1v) is 5.73. The molecule has 1 aromatic carbocycles. The fourth-order valence-corrected chi connectivity index (χ4v) is 1.42. The second kappa shape index (κ2) is 6.58. The van der Waals surface area contributed by atoms with Crippen molar-refractivity contribution in [1.82, 2.24) is 5.01 Å². The van der Waals surface area contributed by atoms with Crippen LogP contribution in [0, 0.1) is 0 Å². The molecule has 1 rings (SSSR count). The predicted octanol–water partition coefficient (Wildman–Crippen LogP) is 1.90. The van der Waals surface area contributed by atoms with E-state index in [9.17, 15) is 18.0 Å². The van der Waals surface area contributed by atoms with Crippen LogP contribution in [-0.4, -0.2) is 28.9 Å². The highest BCUT2D eigenvalue weighted by molar-refractivity contribution is 5.66. The highest BCUT2D eigenvalue weighted by atomic mass is 19.4. The Morgan fingerprint density at radius 3 is 2.70 bits per heavy atom. The topological polar surface area (TPSA) is 75.8 Å². The largest absolute Gasteiger partial charge is 0.444 e. The van der Waals surface area contributed by atoms with Gasteiger partial charge < -0.3 is 9.84 Å². The van der Waals surface area contributed by atoms with Crippen molar-refractivity contribution >= 4 is 6.09 Å². The molecule has 0 aliphatic heterocycles. The van der Waals surface area contributed by atoms with Gasteiger partial charge in [0.1, 0.15) is 6.61 Å². The monoisotopic (exact) mass is 292 g/mol. The van der Waals surface area contributed by atoms with Gasteiger partial charge in [-0.05, 0) is 24.6 Å².